The Morgan fingerprint density at radius 1 is 1.12 bits per heavy atom. The summed E-state index contributed by atoms with van der Waals surface area (Å²) < 4.78 is 0.957. The van der Waals surface area contributed by atoms with Gasteiger partial charge in [-0.3, -0.25) is 4.79 Å². The number of amides is 1. The first-order valence-electron chi connectivity index (χ1n) is 8.19. The maximum Gasteiger partial charge on any atom is 0.251 e. The standard InChI is InChI=1S/C18H23BrN4OS.HI/c1-3-20-18(23-12-16-13(2)8-11-25-16)22-10-9-21-17(24)14-4-6-15(19)7-5-14;/h4-8,11H,3,9-10,12H2,1-2H3,(H,21,24)(H2,20,22,23);1H. The molecule has 0 bridgehead atoms. The van der Waals surface area contributed by atoms with Crippen molar-refractivity contribution in [1.82, 2.24) is 16.0 Å². The minimum absolute atomic E-state index is 0. The molecule has 1 aromatic carbocycles. The van der Waals surface area contributed by atoms with Gasteiger partial charge in [-0.2, -0.15) is 0 Å². The van der Waals surface area contributed by atoms with Crippen molar-refractivity contribution in [3.8, 4) is 0 Å². The smallest absolute Gasteiger partial charge is 0.251 e. The highest BCUT2D eigenvalue weighted by Gasteiger charge is 2.05. The number of hydrogen-bond donors (Lipinski definition) is 3. The van der Waals surface area contributed by atoms with Crippen LogP contribution in [-0.2, 0) is 6.54 Å². The topological polar surface area (TPSA) is 65.5 Å². The van der Waals surface area contributed by atoms with Crippen LogP contribution >= 0.6 is 51.2 Å². The maximum absolute atomic E-state index is 12.0. The van der Waals surface area contributed by atoms with Crippen LogP contribution in [0.1, 0.15) is 27.7 Å². The number of hydrogen-bond acceptors (Lipinski definition) is 3. The number of thiophene rings is 1. The average molecular weight is 551 g/mol. The van der Waals surface area contributed by atoms with E-state index >= 15 is 0 Å². The predicted octanol–water partition coefficient (Wildman–Crippen LogP) is 3.92. The predicted molar refractivity (Wildman–Crippen MR) is 124 cm³/mol. The molecule has 0 aliphatic rings. The van der Waals surface area contributed by atoms with Crippen LogP contribution in [0.15, 0.2) is 45.2 Å². The molecule has 142 valence electrons. The first-order chi connectivity index (χ1) is 12.1. The van der Waals surface area contributed by atoms with Crippen molar-refractivity contribution in [1.29, 1.82) is 0 Å². The second-order valence-corrected chi connectivity index (χ2v) is 7.33. The van der Waals surface area contributed by atoms with Gasteiger partial charge in [0, 0.05) is 34.5 Å². The summed E-state index contributed by atoms with van der Waals surface area (Å²) in [7, 11) is 0. The van der Waals surface area contributed by atoms with Crippen LogP contribution in [0, 0.1) is 6.92 Å². The maximum atomic E-state index is 12.0. The lowest BCUT2D eigenvalue weighted by Gasteiger charge is -2.12. The molecular weight excluding hydrogens is 527 g/mol. The molecule has 0 unspecified atom stereocenters. The van der Waals surface area contributed by atoms with Gasteiger partial charge in [0.1, 0.15) is 0 Å². The molecule has 1 heterocycles. The number of carbonyl (C=O) groups is 1. The van der Waals surface area contributed by atoms with Crippen molar-refractivity contribution < 1.29 is 4.79 Å². The summed E-state index contributed by atoms with van der Waals surface area (Å²) in [6, 6.07) is 9.41. The van der Waals surface area contributed by atoms with Crippen LogP contribution in [0.2, 0.25) is 0 Å². The molecule has 1 amide bonds. The Labute approximate surface area is 184 Å². The van der Waals surface area contributed by atoms with Crippen molar-refractivity contribution in [3.05, 3.63) is 56.2 Å². The quantitative estimate of drug-likeness (QED) is 0.212. The number of aryl methyl sites for hydroxylation is 1. The van der Waals surface area contributed by atoms with E-state index in [0.29, 0.717) is 25.2 Å². The Balaban J connectivity index is 0.00000338. The summed E-state index contributed by atoms with van der Waals surface area (Å²) in [5.74, 6) is 0.679. The van der Waals surface area contributed by atoms with Crippen LogP contribution in [0.5, 0.6) is 0 Å². The van der Waals surface area contributed by atoms with Gasteiger partial charge in [0.25, 0.3) is 5.91 Å². The van der Waals surface area contributed by atoms with E-state index in [1.54, 1.807) is 23.5 Å². The molecule has 1 aromatic heterocycles. The number of rotatable bonds is 7. The molecule has 3 N–H and O–H groups in total. The lowest BCUT2D eigenvalue weighted by Crippen LogP contribution is -2.41. The first kappa shape index (κ1) is 22.9. The molecule has 0 aliphatic carbocycles. The van der Waals surface area contributed by atoms with Crippen LogP contribution in [-0.4, -0.2) is 31.5 Å². The van der Waals surface area contributed by atoms with Gasteiger partial charge >= 0.3 is 0 Å². The number of halogens is 2. The molecule has 5 nitrogen and oxygen atoms in total. The summed E-state index contributed by atoms with van der Waals surface area (Å²) in [5, 5.41) is 11.4. The van der Waals surface area contributed by atoms with E-state index < -0.39 is 0 Å². The molecule has 8 heteroatoms. The van der Waals surface area contributed by atoms with Gasteiger partial charge in [-0.1, -0.05) is 15.9 Å². The summed E-state index contributed by atoms with van der Waals surface area (Å²) in [6.45, 7) is 6.71. The monoisotopic (exact) mass is 550 g/mol. The Morgan fingerprint density at radius 3 is 2.42 bits per heavy atom. The van der Waals surface area contributed by atoms with Crippen LogP contribution in [0.25, 0.3) is 0 Å². The zero-order valence-electron chi connectivity index (χ0n) is 14.8. The number of guanidine groups is 1. The fraction of sp³-hybridized carbons (Fsp3) is 0.333. The Hall–Kier alpha value is -1.13. The fourth-order valence-electron chi connectivity index (χ4n) is 2.12. The van der Waals surface area contributed by atoms with Crippen LogP contribution in [0.4, 0.5) is 0 Å². The number of nitrogens with zero attached hydrogens (tertiary/aromatic N) is 1. The molecule has 0 radical (unpaired) electrons. The SMILES string of the molecule is CCNC(=NCc1sccc1C)NCCNC(=O)c1ccc(Br)cc1.I. The number of carbonyl (C=O) groups excluding carboxylic acids is 1. The van der Waals surface area contributed by atoms with Gasteiger partial charge in [0.2, 0.25) is 0 Å². The van der Waals surface area contributed by atoms with Crippen molar-refractivity contribution in [2.45, 2.75) is 20.4 Å². The lowest BCUT2D eigenvalue weighted by molar-refractivity contribution is 0.0954. The number of benzene rings is 1. The first-order valence-corrected chi connectivity index (χ1v) is 9.86. The summed E-state index contributed by atoms with van der Waals surface area (Å²) in [4.78, 5) is 17.9. The van der Waals surface area contributed by atoms with E-state index in [0.717, 1.165) is 17.0 Å². The fourth-order valence-corrected chi connectivity index (χ4v) is 3.21. The van der Waals surface area contributed by atoms with Gasteiger partial charge < -0.3 is 16.0 Å². The highest BCUT2D eigenvalue weighted by molar-refractivity contribution is 14.0. The second-order valence-electron chi connectivity index (χ2n) is 5.41. The minimum Gasteiger partial charge on any atom is -0.357 e. The van der Waals surface area contributed by atoms with Gasteiger partial charge in [-0.15, -0.1) is 35.3 Å². The average Bonchev–Trinajstić information content (AvgIpc) is 3.02. The molecule has 26 heavy (non-hydrogen) atoms. The van der Waals surface area contributed by atoms with E-state index in [1.807, 2.05) is 19.1 Å². The zero-order chi connectivity index (χ0) is 18.1. The highest BCUT2D eigenvalue weighted by Crippen LogP contribution is 2.16. The third kappa shape index (κ3) is 7.63. The third-order valence-corrected chi connectivity index (χ3v) is 5.04. The molecule has 0 spiro atoms. The van der Waals surface area contributed by atoms with Crippen molar-refractivity contribution in [2.24, 2.45) is 4.99 Å². The van der Waals surface area contributed by atoms with Crippen molar-refractivity contribution in [3.63, 3.8) is 0 Å². The zero-order valence-corrected chi connectivity index (χ0v) is 19.6. The third-order valence-electron chi connectivity index (χ3n) is 3.50. The van der Waals surface area contributed by atoms with Crippen molar-refractivity contribution >= 4 is 63.1 Å². The summed E-state index contributed by atoms with van der Waals surface area (Å²) in [5.41, 5.74) is 1.92. The van der Waals surface area contributed by atoms with Crippen molar-refractivity contribution in [2.75, 3.05) is 19.6 Å². The molecule has 0 fully saturated rings. The molecule has 2 rings (SSSR count). The number of nitrogens with one attached hydrogen (secondary N) is 3. The summed E-state index contributed by atoms with van der Waals surface area (Å²) >= 11 is 5.08. The van der Waals surface area contributed by atoms with Crippen LogP contribution in [0.3, 0.4) is 0 Å². The molecule has 0 atom stereocenters. The van der Waals surface area contributed by atoms with E-state index in [4.69, 9.17) is 0 Å². The molecule has 0 saturated carbocycles. The second kappa shape index (κ2) is 12.3. The highest BCUT2D eigenvalue weighted by atomic mass is 127. The van der Waals surface area contributed by atoms with Gasteiger partial charge in [-0.25, -0.2) is 4.99 Å². The van der Waals surface area contributed by atoms with E-state index in [2.05, 4.69) is 55.2 Å². The lowest BCUT2D eigenvalue weighted by atomic mass is 10.2. The summed E-state index contributed by atoms with van der Waals surface area (Å²) in [6.07, 6.45) is 0. The van der Waals surface area contributed by atoms with Gasteiger partial charge in [0.15, 0.2) is 5.96 Å². The van der Waals surface area contributed by atoms with E-state index in [1.165, 1.54) is 10.4 Å². The number of aliphatic imine (C=N–C) groups is 1. The van der Waals surface area contributed by atoms with E-state index in [9.17, 15) is 4.79 Å². The Morgan fingerprint density at radius 2 is 1.81 bits per heavy atom. The van der Waals surface area contributed by atoms with E-state index in [-0.39, 0.29) is 29.9 Å². The molecule has 0 saturated heterocycles. The normalized spacial score (nSPS) is 10.8. The Bertz CT molecular complexity index is 718. The molecule has 2 aromatic rings. The molecular formula is C18H24BrIN4OS. The van der Waals surface area contributed by atoms with Crippen LogP contribution < -0.4 is 16.0 Å². The minimum atomic E-state index is -0.0783. The van der Waals surface area contributed by atoms with Gasteiger partial charge in [-0.05, 0) is 55.1 Å². The largest absolute Gasteiger partial charge is 0.357 e. The Kier molecular flexibility index (Phi) is 10.8. The van der Waals surface area contributed by atoms with Gasteiger partial charge in [0.05, 0.1) is 6.54 Å². The molecule has 0 aliphatic heterocycles.